The van der Waals surface area contributed by atoms with Gasteiger partial charge in [-0.05, 0) is 29.8 Å². The minimum Gasteiger partial charge on any atom is -0.481 e. The Balaban J connectivity index is 1.98. The summed E-state index contributed by atoms with van der Waals surface area (Å²) in [6.45, 7) is 0. The van der Waals surface area contributed by atoms with Gasteiger partial charge in [0, 0.05) is 10.9 Å². The van der Waals surface area contributed by atoms with Gasteiger partial charge >= 0.3 is 5.97 Å². The third-order valence-corrected chi connectivity index (χ3v) is 5.87. The van der Waals surface area contributed by atoms with Crippen LogP contribution in [-0.2, 0) is 4.79 Å². The molecule has 0 spiro atoms. The molecule has 4 aromatic rings. The molecule has 4 rings (SSSR count). The first-order valence-corrected chi connectivity index (χ1v) is 10.1. The van der Waals surface area contributed by atoms with Crippen molar-refractivity contribution >= 4 is 39.3 Å². The number of aromatic nitrogens is 2. The predicted octanol–water partition coefficient (Wildman–Crippen LogP) is 4.43. The van der Waals surface area contributed by atoms with E-state index in [-0.39, 0.29) is 16.5 Å². The highest BCUT2D eigenvalue weighted by Crippen LogP contribution is 2.32. The molecule has 140 valence electrons. The lowest BCUT2D eigenvalue weighted by Gasteiger charge is -2.12. The number of carboxylic acids is 1. The molecule has 8 heteroatoms. The summed E-state index contributed by atoms with van der Waals surface area (Å²) in [7, 11) is 0. The van der Waals surface area contributed by atoms with Gasteiger partial charge < -0.3 is 5.11 Å². The van der Waals surface area contributed by atoms with Crippen LogP contribution in [0.15, 0.2) is 69.9 Å². The fourth-order valence-corrected chi connectivity index (χ4v) is 4.56. The molecule has 2 heterocycles. The van der Waals surface area contributed by atoms with Gasteiger partial charge in [-0.2, -0.15) is 0 Å². The van der Waals surface area contributed by atoms with Crippen molar-refractivity contribution in [1.82, 2.24) is 9.55 Å². The highest BCUT2D eigenvalue weighted by atomic mass is 32.2. The molecule has 0 radical (unpaired) electrons. The topological polar surface area (TPSA) is 72.2 Å². The Morgan fingerprint density at radius 2 is 1.86 bits per heavy atom. The van der Waals surface area contributed by atoms with Crippen LogP contribution in [0.3, 0.4) is 0 Å². The maximum atomic E-state index is 13.4. The second kappa shape index (κ2) is 7.57. The zero-order chi connectivity index (χ0) is 19.7. The van der Waals surface area contributed by atoms with Gasteiger partial charge in [0.2, 0.25) is 0 Å². The number of thiophene rings is 1. The molecule has 0 amide bonds. The summed E-state index contributed by atoms with van der Waals surface area (Å²) in [6, 6.07) is 15.0. The maximum Gasteiger partial charge on any atom is 0.313 e. The van der Waals surface area contributed by atoms with Crippen molar-refractivity contribution in [2.75, 3.05) is 5.75 Å². The van der Waals surface area contributed by atoms with Gasteiger partial charge in [0.15, 0.2) is 5.16 Å². The summed E-state index contributed by atoms with van der Waals surface area (Å²) < 4.78 is 14.7. The summed E-state index contributed by atoms with van der Waals surface area (Å²) in [6.07, 6.45) is 0. The molecular weight excluding hydrogens is 399 g/mol. The fourth-order valence-electron chi connectivity index (χ4n) is 2.84. The minimum absolute atomic E-state index is 0.240. The molecule has 0 saturated carbocycles. The van der Waals surface area contributed by atoms with Gasteiger partial charge in [0.25, 0.3) is 5.56 Å². The van der Waals surface area contributed by atoms with E-state index in [2.05, 4.69) is 4.98 Å². The first-order valence-electron chi connectivity index (χ1n) is 8.25. The van der Waals surface area contributed by atoms with Gasteiger partial charge in [-0.25, -0.2) is 9.37 Å². The van der Waals surface area contributed by atoms with Crippen LogP contribution < -0.4 is 5.56 Å². The number of hydrogen-bond acceptors (Lipinski definition) is 5. The standard InChI is InChI=1S/C20H13FN2O3S2/c21-13-6-8-14(9-7-13)23-19(26)17-15(12-4-2-1-3-5-12)10-27-18(17)22-20(23)28-11-16(24)25/h1-10H,11H2,(H,24,25). The number of rotatable bonds is 5. The number of halogens is 1. The van der Waals surface area contributed by atoms with E-state index in [1.165, 1.54) is 40.2 Å². The lowest BCUT2D eigenvalue weighted by molar-refractivity contribution is -0.133. The largest absolute Gasteiger partial charge is 0.481 e. The van der Waals surface area contributed by atoms with Crippen LogP contribution in [-0.4, -0.2) is 26.4 Å². The van der Waals surface area contributed by atoms with Crippen LogP contribution in [0, 0.1) is 5.82 Å². The number of carboxylic acid groups (broad SMARTS) is 1. The van der Waals surface area contributed by atoms with Crippen LogP contribution in [0.2, 0.25) is 0 Å². The molecular formula is C20H13FN2O3S2. The van der Waals surface area contributed by atoms with E-state index < -0.39 is 11.8 Å². The first kappa shape index (κ1) is 18.4. The van der Waals surface area contributed by atoms with Gasteiger partial charge in [-0.1, -0.05) is 42.1 Å². The number of aliphatic carboxylic acids is 1. The van der Waals surface area contributed by atoms with Crippen LogP contribution >= 0.6 is 23.1 Å². The molecule has 0 fully saturated rings. The molecule has 0 aliphatic heterocycles. The maximum absolute atomic E-state index is 13.4. The predicted molar refractivity (Wildman–Crippen MR) is 109 cm³/mol. The molecule has 1 N–H and O–H groups in total. The molecule has 0 bridgehead atoms. The van der Waals surface area contributed by atoms with Crippen molar-refractivity contribution in [3.63, 3.8) is 0 Å². The monoisotopic (exact) mass is 412 g/mol. The van der Waals surface area contributed by atoms with Crippen molar-refractivity contribution in [3.05, 3.63) is 76.1 Å². The van der Waals surface area contributed by atoms with Crippen molar-refractivity contribution in [2.24, 2.45) is 0 Å². The zero-order valence-corrected chi connectivity index (χ0v) is 16.0. The number of carbonyl (C=O) groups is 1. The Labute approximate surface area is 167 Å². The third kappa shape index (κ3) is 3.44. The zero-order valence-electron chi connectivity index (χ0n) is 14.3. The summed E-state index contributed by atoms with van der Waals surface area (Å²) in [4.78, 5) is 29.5. The number of hydrogen-bond donors (Lipinski definition) is 1. The van der Waals surface area contributed by atoms with Crippen LogP contribution in [0.4, 0.5) is 4.39 Å². The van der Waals surface area contributed by atoms with Crippen LogP contribution in [0.25, 0.3) is 27.0 Å². The molecule has 5 nitrogen and oxygen atoms in total. The van der Waals surface area contributed by atoms with Crippen molar-refractivity contribution < 1.29 is 14.3 Å². The average Bonchev–Trinajstić information content (AvgIpc) is 3.12. The molecule has 0 unspecified atom stereocenters. The van der Waals surface area contributed by atoms with Crippen molar-refractivity contribution in [1.29, 1.82) is 0 Å². The molecule has 2 aromatic carbocycles. The molecule has 0 aliphatic carbocycles. The SMILES string of the molecule is O=C(O)CSc1nc2scc(-c3ccccc3)c2c(=O)n1-c1ccc(F)cc1. The Hall–Kier alpha value is -2.97. The number of fused-ring (bicyclic) bond motifs is 1. The Bertz CT molecular complexity index is 1220. The van der Waals surface area contributed by atoms with E-state index in [1.807, 2.05) is 35.7 Å². The Morgan fingerprint density at radius 1 is 1.14 bits per heavy atom. The second-order valence-corrected chi connectivity index (χ2v) is 7.69. The van der Waals surface area contributed by atoms with Crippen LogP contribution in [0.1, 0.15) is 0 Å². The van der Waals surface area contributed by atoms with Crippen molar-refractivity contribution in [3.8, 4) is 16.8 Å². The van der Waals surface area contributed by atoms with E-state index >= 15 is 0 Å². The molecule has 0 aliphatic rings. The van der Waals surface area contributed by atoms with E-state index in [4.69, 9.17) is 5.11 Å². The fraction of sp³-hybridized carbons (Fsp3) is 0.0500. The van der Waals surface area contributed by atoms with E-state index in [9.17, 15) is 14.0 Å². The highest BCUT2D eigenvalue weighted by molar-refractivity contribution is 7.99. The Kier molecular flexibility index (Phi) is 4.97. The summed E-state index contributed by atoms with van der Waals surface area (Å²) in [5.74, 6) is -1.68. The van der Waals surface area contributed by atoms with Gasteiger partial charge in [-0.15, -0.1) is 11.3 Å². The summed E-state index contributed by atoms with van der Waals surface area (Å²) in [5, 5.41) is 11.6. The number of thioether (sulfide) groups is 1. The summed E-state index contributed by atoms with van der Waals surface area (Å²) >= 11 is 2.29. The number of benzene rings is 2. The summed E-state index contributed by atoms with van der Waals surface area (Å²) in [5.41, 5.74) is 1.77. The van der Waals surface area contributed by atoms with E-state index in [1.54, 1.807) is 0 Å². The number of nitrogens with zero attached hydrogens (tertiary/aromatic N) is 2. The van der Waals surface area contributed by atoms with Crippen LogP contribution in [0.5, 0.6) is 0 Å². The molecule has 2 aromatic heterocycles. The van der Waals surface area contributed by atoms with E-state index in [0.717, 1.165) is 22.9 Å². The third-order valence-electron chi connectivity index (χ3n) is 4.07. The van der Waals surface area contributed by atoms with Gasteiger partial charge in [0.05, 0.1) is 16.8 Å². The highest BCUT2D eigenvalue weighted by Gasteiger charge is 2.19. The first-order chi connectivity index (χ1) is 13.5. The van der Waals surface area contributed by atoms with Gasteiger partial charge in [0.1, 0.15) is 10.6 Å². The van der Waals surface area contributed by atoms with Gasteiger partial charge in [-0.3, -0.25) is 14.2 Å². The molecule has 0 saturated heterocycles. The smallest absolute Gasteiger partial charge is 0.313 e. The lowest BCUT2D eigenvalue weighted by Crippen LogP contribution is -2.22. The minimum atomic E-state index is -1.01. The van der Waals surface area contributed by atoms with Crippen molar-refractivity contribution in [2.45, 2.75) is 5.16 Å². The van der Waals surface area contributed by atoms with E-state index in [0.29, 0.717) is 15.9 Å². The average molecular weight is 412 g/mol. The lowest BCUT2D eigenvalue weighted by atomic mass is 10.1. The second-order valence-electron chi connectivity index (χ2n) is 5.89. The quantitative estimate of drug-likeness (QED) is 0.388. The normalized spacial score (nSPS) is 11.0. The molecule has 0 atom stereocenters. The molecule has 28 heavy (non-hydrogen) atoms. The Morgan fingerprint density at radius 3 is 2.54 bits per heavy atom.